The van der Waals surface area contributed by atoms with E-state index in [4.69, 9.17) is 9.47 Å². The third-order valence-corrected chi connectivity index (χ3v) is 6.77. The van der Waals surface area contributed by atoms with Crippen LogP contribution >= 0.6 is 0 Å². The zero-order valence-electron chi connectivity index (χ0n) is 16.0. The van der Waals surface area contributed by atoms with Gasteiger partial charge in [0.15, 0.2) is 11.5 Å². The molecule has 0 spiro atoms. The lowest BCUT2D eigenvalue weighted by Crippen LogP contribution is -2.33. The molecule has 0 fully saturated rings. The molecule has 1 atom stereocenters. The van der Waals surface area contributed by atoms with Gasteiger partial charge in [0.2, 0.25) is 6.79 Å². The van der Waals surface area contributed by atoms with E-state index >= 15 is 0 Å². The van der Waals surface area contributed by atoms with Gasteiger partial charge in [0.1, 0.15) is 5.82 Å². The monoisotopic (exact) mass is 413 g/mol. The SMILES string of the molecule is Cc1cccc(C(C)N(c2ccc3c(c2)OCO3)S(=O)(=O)c2ccc(F)cc2)c1. The van der Waals surface area contributed by atoms with Crippen LogP contribution in [0.1, 0.15) is 24.1 Å². The number of nitrogens with zero attached hydrogens (tertiary/aromatic N) is 1. The first-order valence-electron chi connectivity index (χ1n) is 9.12. The molecule has 7 heteroatoms. The molecule has 1 aliphatic rings. The first-order valence-corrected chi connectivity index (χ1v) is 10.6. The Morgan fingerprint density at radius 1 is 0.966 bits per heavy atom. The Morgan fingerprint density at radius 2 is 1.69 bits per heavy atom. The first kappa shape index (κ1) is 19.3. The number of ether oxygens (including phenoxy) is 2. The molecule has 29 heavy (non-hydrogen) atoms. The number of benzene rings is 3. The second kappa shape index (κ2) is 7.40. The van der Waals surface area contributed by atoms with Crippen molar-refractivity contribution in [2.45, 2.75) is 24.8 Å². The Kier molecular flexibility index (Phi) is 4.92. The lowest BCUT2D eigenvalue weighted by Gasteiger charge is -2.31. The lowest BCUT2D eigenvalue weighted by atomic mass is 10.1. The Morgan fingerprint density at radius 3 is 2.41 bits per heavy atom. The minimum Gasteiger partial charge on any atom is -0.454 e. The number of anilines is 1. The third-order valence-electron chi connectivity index (χ3n) is 4.86. The van der Waals surface area contributed by atoms with E-state index in [0.29, 0.717) is 17.2 Å². The average Bonchev–Trinajstić information content (AvgIpc) is 3.16. The topological polar surface area (TPSA) is 55.8 Å². The van der Waals surface area contributed by atoms with Crippen LogP contribution in [0.5, 0.6) is 11.5 Å². The zero-order chi connectivity index (χ0) is 20.6. The van der Waals surface area contributed by atoms with Gasteiger partial charge in [-0.1, -0.05) is 29.8 Å². The van der Waals surface area contributed by atoms with E-state index in [-0.39, 0.29) is 11.7 Å². The van der Waals surface area contributed by atoms with Crippen molar-refractivity contribution in [3.8, 4) is 11.5 Å². The number of fused-ring (bicyclic) bond motifs is 1. The Balaban J connectivity index is 1.86. The van der Waals surface area contributed by atoms with Gasteiger partial charge in [-0.3, -0.25) is 4.31 Å². The van der Waals surface area contributed by atoms with Crippen LogP contribution in [0.2, 0.25) is 0 Å². The van der Waals surface area contributed by atoms with E-state index in [9.17, 15) is 12.8 Å². The van der Waals surface area contributed by atoms with Crippen molar-refractivity contribution in [2.24, 2.45) is 0 Å². The molecule has 0 bridgehead atoms. The van der Waals surface area contributed by atoms with E-state index in [1.165, 1.54) is 16.4 Å². The summed E-state index contributed by atoms with van der Waals surface area (Å²) in [5, 5.41) is 0. The van der Waals surface area contributed by atoms with E-state index in [0.717, 1.165) is 23.3 Å². The summed E-state index contributed by atoms with van der Waals surface area (Å²) in [6, 6.07) is 17.0. The van der Waals surface area contributed by atoms with Gasteiger partial charge in [0, 0.05) is 6.07 Å². The van der Waals surface area contributed by atoms with E-state index in [1.54, 1.807) is 18.2 Å². The molecule has 0 saturated heterocycles. The van der Waals surface area contributed by atoms with Crippen LogP contribution in [0.4, 0.5) is 10.1 Å². The summed E-state index contributed by atoms with van der Waals surface area (Å²) in [6.07, 6.45) is 0. The van der Waals surface area contributed by atoms with Crippen LogP contribution in [0.15, 0.2) is 71.6 Å². The highest BCUT2D eigenvalue weighted by atomic mass is 32.2. The molecule has 0 aromatic heterocycles. The highest BCUT2D eigenvalue weighted by Crippen LogP contribution is 2.40. The number of halogens is 1. The molecular weight excluding hydrogens is 393 g/mol. The fraction of sp³-hybridized carbons (Fsp3) is 0.182. The van der Waals surface area contributed by atoms with Crippen LogP contribution in [0.25, 0.3) is 0 Å². The molecule has 150 valence electrons. The minimum atomic E-state index is -3.98. The smallest absolute Gasteiger partial charge is 0.264 e. The number of hydrogen-bond donors (Lipinski definition) is 0. The molecule has 0 aliphatic carbocycles. The minimum absolute atomic E-state index is 0.0102. The van der Waals surface area contributed by atoms with Crippen LogP contribution < -0.4 is 13.8 Å². The van der Waals surface area contributed by atoms with Crippen LogP contribution in [-0.4, -0.2) is 15.2 Å². The highest BCUT2D eigenvalue weighted by molar-refractivity contribution is 7.92. The molecule has 3 aromatic carbocycles. The first-order chi connectivity index (χ1) is 13.9. The Labute approximate surface area is 169 Å². The summed E-state index contributed by atoms with van der Waals surface area (Å²) < 4.78 is 52.6. The predicted octanol–water partition coefficient (Wildman–Crippen LogP) is 4.82. The van der Waals surface area contributed by atoms with Crippen molar-refractivity contribution in [2.75, 3.05) is 11.1 Å². The normalized spacial score (nSPS) is 13.9. The summed E-state index contributed by atoms with van der Waals surface area (Å²) in [5.74, 6) is 0.555. The Hall–Kier alpha value is -3.06. The number of aryl methyl sites for hydroxylation is 1. The maximum Gasteiger partial charge on any atom is 0.264 e. The molecular formula is C22H20FNO4S. The van der Waals surface area contributed by atoms with Gasteiger partial charge in [-0.05, 0) is 55.8 Å². The molecule has 1 unspecified atom stereocenters. The molecule has 5 nitrogen and oxygen atoms in total. The number of rotatable bonds is 5. The quantitative estimate of drug-likeness (QED) is 0.602. The standard InChI is InChI=1S/C22H20FNO4S/c1-15-4-3-5-17(12-15)16(2)24(19-8-11-21-22(13-19)28-14-27-21)29(25,26)20-9-6-18(23)7-10-20/h3-13,16H,14H2,1-2H3. The third kappa shape index (κ3) is 3.65. The van der Waals surface area contributed by atoms with Crippen molar-refractivity contribution in [3.63, 3.8) is 0 Å². The van der Waals surface area contributed by atoms with Gasteiger partial charge in [-0.15, -0.1) is 0 Å². The maximum absolute atomic E-state index is 13.6. The summed E-state index contributed by atoms with van der Waals surface area (Å²) in [4.78, 5) is 0.0102. The van der Waals surface area contributed by atoms with Crippen molar-refractivity contribution in [1.29, 1.82) is 0 Å². The number of hydrogen-bond acceptors (Lipinski definition) is 4. The molecule has 0 amide bonds. The zero-order valence-corrected chi connectivity index (χ0v) is 16.8. The molecule has 1 aliphatic heterocycles. The van der Waals surface area contributed by atoms with Gasteiger partial charge in [-0.25, -0.2) is 12.8 Å². The van der Waals surface area contributed by atoms with Crippen molar-refractivity contribution < 1.29 is 22.3 Å². The summed E-state index contributed by atoms with van der Waals surface area (Å²) in [5.41, 5.74) is 2.31. The average molecular weight is 413 g/mol. The van der Waals surface area contributed by atoms with E-state index in [1.807, 2.05) is 38.1 Å². The predicted molar refractivity (Wildman–Crippen MR) is 108 cm³/mol. The van der Waals surface area contributed by atoms with Gasteiger partial charge in [0.25, 0.3) is 10.0 Å². The Bertz CT molecular complexity index is 1150. The summed E-state index contributed by atoms with van der Waals surface area (Å²) in [6.45, 7) is 3.87. The maximum atomic E-state index is 13.6. The van der Waals surface area contributed by atoms with Crippen LogP contribution in [0, 0.1) is 12.7 Å². The van der Waals surface area contributed by atoms with Gasteiger partial charge in [0.05, 0.1) is 16.6 Å². The fourth-order valence-corrected chi connectivity index (χ4v) is 5.01. The largest absolute Gasteiger partial charge is 0.454 e. The molecule has 0 N–H and O–H groups in total. The van der Waals surface area contributed by atoms with Gasteiger partial charge >= 0.3 is 0 Å². The second-order valence-corrected chi connectivity index (χ2v) is 8.70. The van der Waals surface area contributed by atoms with Crippen molar-refractivity contribution >= 4 is 15.7 Å². The fourth-order valence-electron chi connectivity index (χ4n) is 3.38. The number of sulfonamides is 1. The van der Waals surface area contributed by atoms with E-state index < -0.39 is 21.9 Å². The van der Waals surface area contributed by atoms with Crippen molar-refractivity contribution in [1.82, 2.24) is 0 Å². The summed E-state index contributed by atoms with van der Waals surface area (Å²) >= 11 is 0. The molecule has 3 aromatic rings. The van der Waals surface area contributed by atoms with Crippen LogP contribution in [0.3, 0.4) is 0 Å². The van der Waals surface area contributed by atoms with Crippen molar-refractivity contribution in [3.05, 3.63) is 83.7 Å². The molecule has 0 radical (unpaired) electrons. The van der Waals surface area contributed by atoms with E-state index in [2.05, 4.69) is 0 Å². The highest BCUT2D eigenvalue weighted by Gasteiger charge is 2.31. The van der Waals surface area contributed by atoms with Crippen LogP contribution in [-0.2, 0) is 10.0 Å². The van der Waals surface area contributed by atoms with Gasteiger partial charge < -0.3 is 9.47 Å². The molecule has 1 heterocycles. The lowest BCUT2D eigenvalue weighted by molar-refractivity contribution is 0.174. The molecule has 4 rings (SSSR count). The molecule has 0 saturated carbocycles. The second-order valence-electron chi connectivity index (χ2n) is 6.88. The summed E-state index contributed by atoms with van der Waals surface area (Å²) in [7, 11) is -3.98. The van der Waals surface area contributed by atoms with Gasteiger partial charge in [-0.2, -0.15) is 0 Å².